The molecule has 0 unspecified atom stereocenters. The number of rotatable bonds is 3. The summed E-state index contributed by atoms with van der Waals surface area (Å²) >= 11 is 1.47. The molecule has 6 heteroatoms. The van der Waals surface area contributed by atoms with E-state index >= 15 is 0 Å². The van der Waals surface area contributed by atoms with E-state index in [1.165, 1.54) is 11.3 Å². The Morgan fingerprint density at radius 2 is 2.16 bits per heavy atom. The quantitative estimate of drug-likeness (QED) is 0.771. The van der Waals surface area contributed by atoms with Crippen molar-refractivity contribution in [3.05, 3.63) is 41.5 Å². The van der Waals surface area contributed by atoms with Gasteiger partial charge in [0.2, 0.25) is 0 Å². The van der Waals surface area contributed by atoms with Gasteiger partial charge in [0.1, 0.15) is 21.8 Å². The number of aromatic nitrogens is 2. The summed E-state index contributed by atoms with van der Waals surface area (Å²) < 4.78 is 5.06. The molecule has 0 aliphatic rings. The molecule has 2 N–H and O–H groups in total. The van der Waals surface area contributed by atoms with Gasteiger partial charge in [-0.2, -0.15) is 0 Å². The fourth-order valence-corrected chi connectivity index (χ4v) is 2.41. The molecular formula is C13H11N3O2S. The third-order valence-corrected chi connectivity index (χ3v) is 3.47. The van der Waals surface area contributed by atoms with E-state index in [1.54, 1.807) is 43.0 Å². The maximum atomic E-state index is 12.0. The van der Waals surface area contributed by atoms with Crippen molar-refractivity contribution in [1.82, 2.24) is 9.97 Å². The first-order chi connectivity index (χ1) is 9.26. The average molecular weight is 273 g/mol. The Labute approximate surface area is 113 Å². The molecule has 0 bridgehead atoms. The van der Waals surface area contributed by atoms with E-state index in [9.17, 15) is 4.79 Å². The molecule has 1 amide bonds. The third-order valence-electron chi connectivity index (χ3n) is 2.72. The highest BCUT2D eigenvalue weighted by Crippen LogP contribution is 2.19. The number of thiazole rings is 1. The minimum absolute atomic E-state index is 0.185. The van der Waals surface area contributed by atoms with E-state index in [2.05, 4.69) is 15.3 Å². The molecule has 0 aliphatic heterocycles. The van der Waals surface area contributed by atoms with Gasteiger partial charge in [0.15, 0.2) is 0 Å². The van der Waals surface area contributed by atoms with Crippen molar-refractivity contribution in [2.45, 2.75) is 0 Å². The highest BCUT2D eigenvalue weighted by atomic mass is 32.1. The molecule has 0 spiro atoms. The molecule has 5 nitrogen and oxygen atoms in total. The number of fused-ring (bicyclic) bond motifs is 1. The molecule has 96 valence electrons. The molecule has 1 aromatic carbocycles. The molecule has 3 aromatic rings. The van der Waals surface area contributed by atoms with Gasteiger partial charge in [-0.3, -0.25) is 4.79 Å². The molecule has 0 saturated heterocycles. The van der Waals surface area contributed by atoms with Gasteiger partial charge in [-0.05, 0) is 30.3 Å². The van der Waals surface area contributed by atoms with E-state index in [-0.39, 0.29) is 5.91 Å². The molecule has 0 aliphatic carbocycles. The minimum Gasteiger partial charge on any atom is -0.497 e. The van der Waals surface area contributed by atoms with E-state index in [4.69, 9.17) is 4.74 Å². The smallest absolute Gasteiger partial charge is 0.272 e. The molecule has 2 aromatic heterocycles. The van der Waals surface area contributed by atoms with Crippen LogP contribution >= 0.6 is 11.3 Å². The van der Waals surface area contributed by atoms with Crippen LogP contribution in [0, 0.1) is 0 Å². The summed E-state index contributed by atoms with van der Waals surface area (Å²) in [4.78, 5) is 20.1. The Morgan fingerprint density at radius 1 is 1.37 bits per heavy atom. The third kappa shape index (κ3) is 2.30. The van der Waals surface area contributed by atoms with Gasteiger partial charge in [0, 0.05) is 5.69 Å². The van der Waals surface area contributed by atoms with Gasteiger partial charge in [-0.1, -0.05) is 0 Å². The minimum atomic E-state index is -0.185. The van der Waals surface area contributed by atoms with Gasteiger partial charge in [0.25, 0.3) is 5.91 Å². The summed E-state index contributed by atoms with van der Waals surface area (Å²) in [5.74, 6) is 0.568. The van der Waals surface area contributed by atoms with Crippen LogP contribution in [0.1, 0.15) is 10.5 Å². The largest absolute Gasteiger partial charge is 0.497 e. The van der Waals surface area contributed by atoms with Crippen molar-refractivity contribution in [1.29, 1.82) is 0 Å². The molecule has 0 radical (unpaired) electrons. The average Bonchev–Trinajstić information content (AvgIpc) is 3.00. The maximum Gasteiger partial charge on any atom is 0.272 e. The summed E-state index contributed by atoms with van der Waals surface area (Å²) in [6.45, 7) is 0. The number of methoxy groups -OCH3 is 1. The number of carbonyl (C=O) groups excluding carboxylic acids is 1. The number of anilines is 1. The topological polar surface area (TPSA) is 67.0 Å². The van der Waals surface area contributed by atoms with Crippen LogP contribution in [-0.4, -0.2) is 23.0 Å². The zero-order valence-electron chi connectivity index (χ0n) is 10.1. The van der Waals surface area contributed by atoms with Crippen LogP contribution in [0.2, 0.25) is 0 Å². The van der Waals surface area contributed by atoms with Crippen LogP contribution < -0.4 is 10.1 Å². The number of amides is 1. The van der Waals surface area contributed by atoms with E-state index in [0.29, 0.717) is 5.69 Å². The standard InChI is InChI=1S/C13H11N3O2S/c1-18-9-4-2-8(3-5-9)15-12(17)10-6-11-13(16-10)19-7-14-11/h2-7,16H,1H3,(H,15,17). The Kier molecular flexibility index (Phi) is 2.92. The number of H-pyrrole nitrogens is 1. The second-order valence-corrected chi connectivity index (χ2v) is 4.79. The first kappa shape index (κ1) is 11.7. The lowest BCUT2D eigenvalue weighted by molar-refractivity contribution is 0.102. The van der Waals surface area contributed by atoms with Crippen molar-refractivity contribution in [3.63, 3.8) is 0 Å². The van der Waals surface area contributed by atoms with Crippen molar-refractivity contribution in [3.8, 4) is 5.75 Å². The highest BCUT2D eigenvalue weighted by Gasteiger charge is 2.11. The lowest BCUT2D eigenvalue weighted by Crippen LogP contribution is -2.12. The molecule has 0 atom stereocenters. The first-order valence-corrected chi connectivity index (χ1v) is 6.52. The highest BCUT2D eigenvalue weighted by molar-refractivity contribution is 7.16. The second-order valence-electron chi connectivity index (χ2n) is 3.93. The van der Waals surface area contributed by atoms with E-state index < -0.39 is 0 Å². The van der Waals surface area contributed by atoms with Gasteiger partial charge in [-0.15, -0.1) is 11.3 Å². The maximum absolute atomic E-state index is 12.0. The molecule has 0 saturated carbocycles. The van der Waals surface area contributed by atoms with Crippen molar-refractivity contribution < 1.29 is 9.53 Å². The number of hydrogen-bond acceptors (Lipinski definition) is 4. The van der Waals surface area contributed by atoms with Crippen LogP contribution in [-0.2, 0) is 0 Å². The first-order valence-electron chi connectivity index (χ1n) is 5.64. The molecule has 19 heavy (non-hydrogen) atoms. The Morgan fingerprint density at radius 3 is 2.84 bits per heavy atom. The monoisotopic (exact) mass is 273 g/mol. The predicted octanol–water partition coefficient (Wildman–Crippen LogP) is 2.89. The summed E-state index contributed by atoms with van der Waals surface area (Å²) in [7, 11) is 1.60. The van der Waals surface area contributed by atoms with Crippen LogP contribution in [0.3, 0.4) is 0 Å². The fourth-order valence-electron chi connectivity index (χ4n) is 1.74. The predicted molar refractivity (Wildman–Crippen MR) is 74.9 cm³/mol. The number of benzene rings is 1. The number of nitrogens with zero attached hydrogens (tertiary/aromatic N) is 1. The second kappa shape index (κ2) is 4.74. The van der Waals surface area contributed by atoms with Crippen LogP contribution in [0.5, 0.6) is 5.75 Å². The summed E-state index contributed by atoms with van der Waals surface area (Å²) in [5.41, 5.74) is 3.78. The number of carbonyl (C=O) groups is 1. The zero-order valence-corrected chi connectivity index (χ0v) is 11.0. The normalized spacial score (nSPS) is 10.6. The molecule has 0 fully saturated rings. The van der Waals surface area contributed by atoms with E-state index in [1.807, 2.05) is 0 Å². The van der Waals surface area contributed by atoms with Crippen molar-refractivity contribution >= 4 is 33.3 Å². The number of hydrogen-bond donors (Lipinski definition) is 2. The molecular weight excluding hydrogens is 262 g/mol. The van der Waals surface area contributed by atoms with Crippen LogP contribution in [0.25, 0.3) is 10.3 Å². The summed E-state index contributed by atoms with van der Waals surface area (Å²) in [6.07, 6.45) is 0. The number of nitrogens with one attached hydrogen (secondary N) is 2. The van der Waals surface area contributed by atoms with Crippen LogP contribution in [0.15, 0.2) is 35.8 Å². The van der Waals surface area contributed by atoms with Gasteiger partial charge in [0.05, 0.1) is 12.6 Å². The SMILES string of the molecule is COc1ccc(NC(=O)c2cc3ncsc3[nH]2)cc1. The Bertz CT molecular complexity index is 686. The van der Waals surface area contributed by atoms with Gasteiger partial charge < -0.3 is 15.0 Å². The summed E-state index contributed by atoms with van der Waals surface area (Å²) in [5, 5.41) is 2.81. The zero-order chi connectivity index (χ0) is 13.2. The lowest BCUT2D eigenvalue weighted by Gasteiger charge is -2.04. The number of aromatic amines is 1. The van der Waals surface area contributed by atoms with Crippen LogP contribution in [0.4, 0.5) is 5.69 Å². The lowest BCUT2D eigenvalue weighted by atomic mass is 10.3. The molecule has 2 heterocycles. The summed E-state index contributed by atoms with van der Waals surface area (Å²) in [6, 6.07) is 8.92. The fraction of sp³-hybridized carbons (Fsp3) is 0.0769. The van der Waals surface area contributed by atoms with E-state index in [0.717, 1.165) is 21.8 Å². The number of ether oxygens (including phenoxy) is 1. The van der Waals surface area contributed by atoms with Crippen molar-refractivity contribution in [2.75, 3.05) is 12.4 Å². The van der Waals surface area contributed by atoms with Crippen molar-refractivity contribution in [2.24, 2.45) is 0 Å². The van der Waals surface area contributed by atoms with Gasteiger partial charge >= 0.3 is 0 Å². The van der Waals surface area contributed by atoms with Gasteiger partial charge in [-0.25, -0.2) is 4.98 Å². The Hall–Kier alpha value is -2.34. The Balaban J connectivity index is 1.78. The molecule has 3 rings (SSSR count).